The molecule has 2 aromatic carbocycles. The minimum absolute atomic E-state index is 0.135. The van der Waals surface area contributed by atoms with Gasteiger partial charge in [-0.05, 0) is 73.6 Å². The van der Waals surface area contributed by atoms with Crippen molar-refractivity contribution in [3.8, 4) is 17.0 Å². The van der Waals surface area contributed by atoms with Crippen LogP contribution in [-0.4, -0.2) is 61.4 Å². The molecule has 1 amide bonds. The molecule has 0 spiro atoms. The fourth-order valence-corrected chi connectivity index (χ4v) is 7.74. The lowest BCUT2D eigenvalue weighted by molar-refractivity contribution is -0.141. The van der Waals surface area contributed by atoms with Gasteiger partial charge in [-0.25, -0.2) is 4.79 Å². The van der Waals surface area contributed by atoms with Crippen LogP contribution in [0.25, 0.3) is 22.2 Å². The molecular formula is C33H38N2O5. The fraction of sp³-hybridized carbons (Fsp3) is 0.515. The van der Waals surface area contributed by atoms with Crippen molar-refractivity contribution >= 4 is 22.8 Å². The van der Waals surface area contributed by atoms with E-state index in [4.69, 9.17) is 14.2 Å². The zero-order chi connectivity index (χ0) is 27.4. The van der Waals surface area contributed by atoms with E-state index in [1.54, 1.807) is 0 Å². The van der Waals surface area contributed by atoms with Crippen molar-refractivity contribution < 1.29 is 23.8 Å². The molecule has 210 valence electrons. The number of carbonyl (C=O) groups excluding carboxylic acids is 2. The highest BCUT2D eigenvalue weighted by molar-refractivity contribution is 6.00. The Balaban J connectivity index is 1.48. The molecular weight excluding hydrogens is 504 g/mol. The molecule has 4 aliphatic rings. The van der Waals surface area contributed by atoms with Crippen molar-refractivity contribution in [1.82, 2.24) is 9.47 Å². The summed E-state index contributed by atoms with van der Waals surface area (Å²) in [5.41, 5.74) is 6.09. The number of esters is 1. The number of morpholine rings is 1. The number of rotatable bonds is 5. The third kappa shape index (κ3) is 3.96. The Bertz CT molecular complexity index is 1480. The Morgan fingerprint density at radius 2 is 1.85 bits per heavy atom. The summed E-state index contributed by atoms with van der Waals surface area (Å²) in [5, 5.41) is 1.20. The van der Waals surface area contributed by atoms with Crippen LogP contribution in [0.2, 0.25) is 0 Å². The number of carbonyl (C=O) groups is 2. The molecule has 2 aliphatic heterocycles. The number of nitrogens with zero attached hydrogens (tertiary/aromatic N) is 2. The summed E-state index contributed by atoms with van der Waals surface area (Å²) < 4.78 is 19.0. The van der Waals surface area contributed by atoms with E-state index >= 15 is 0 Å². The van der Waals surface area contributed by atoms with Crippen molar-refractivity contribution in [3.63, 3.8) is 0 Å². The second kappa shape index (κ2) is 9.95. The van der Waals surface area contributed by atoms with Crippen LogP contribution in [0.1, 0.15) is 78.8 Å². The number of hydrogen-bond donors (Lipinski definition) is 0. The van der Waals surface area contributed by atoms with Gasteiger partial charge in [0.1, 0.15) is 5.75 Å². The number of amides is 1. The van der Waals surface area contributed by atoms with Crippen molar-refractivity contribution in [1.29, 1.82) is 0 Å². The van der Waals surface area contributed by atoms with Crippen molar-refractivity contribution in [2.75, 3.05) is 40.0 Å². The molecule has 7 rings (SSSR count). The minimum atomic E-state index is -0.515. The summed E-state index contributed by atoms with van der Waals surface area (Å²) in [7, 11) is 1.43. The third-order valence-corrected chi connectivity index (χ3v) is 9.74. The van der Waals surface area contributed by atoms with Gasteiger partial charge in [0.05, 0.1) is 43.6 Å². The summed E-state index contributed by atoms with van der Waals surface area (Å²) in [6.07, 6.45) is 6.90. The number of methoxy groups -OCH3 is 1. The predicted octanol–water partition coefficient (Wildman–Crippen LogP) is 5.89. The summed E-state index contributed by atoms with van der Waals surface area (Å²) >= 11 is 0. The Morgan fingerprint density at radius 3 is 2.60 bits per heavy atom. The second-order valence-corrected chi connectivity index (χ2v) is 11.9. The third-order valence-electron chi connectivity index (χ3n) is 9.74. The quantitative estimate of drug-likeness (QED) is 0.376. The van der Waals surface area contributed by atoms with Gasteiger partial charge in [-0.1, -0.05) is 25.3 Å². The van der Waals surface area contributed by atoms with E-state index in [-0.39, 0.29) is 17.8 Å². The Morgan fingerprint density at radius 1 is 1.05 bits per heavy atom. The number of benzene rings is 2. The van der Waals surface area contributed by atoms with E-state index in [1.807, 2.05) is 24.0 Å². The second-order valence-electron chi connectivity index (χ2n) is 11.9. The van der Waals surface area contributed by atoms with Gasteiger partial charge in [0.15, 0.2) is 0 Å². The first-order valence-electron chi connectivity index (χ1n) is 14.9. The Kier molecular flexibility index (Phi) is 6.38. The minimum Gasteiger partial charge on any atom is -0.494 e. The van der Waals surface area contributed by atoms with E-state index in [2.05, 4.69) is 28.8 Å². The zero-order valence-electron chi connectivity index (χ0n) is 23.5. The van der Waals surface area contributed by atoms with Gasteiger partial charge in [0.25, 0.3) is 0 Å². The van der Waals surface area contributed by atoms with Gasteiger partial charge >= 0.3 is 5.97 Å². The van der Waals surface area contributed by atoms with Gasteiger partial charge in [0, 0.05) is 42.0 Å². The van der Waals surface area contributed by atoms with Gasteiger partial charge < -0.3 is 23.7 Å². The topological polar surface area (TPSA) is 70.0 Å². The van der Waals surface area contributed by atoms with E-state index in [0.717, 1.165) is 17.7 Å². The average Bonchev–Trinajstić information content (AvgIpc) is 3.67. The first kappa shape index (κ1) is 25.6. The Hall–Kier alpha value is -3.32. The van der Waals surface area contributed by atoms with E-state index in [1.165, 1.54) is 67.0 Å². The molecule has 2 unspecified atom stereocenters. The maximum absolute atomic E-state index is 14.3. The number of fused-ring (bicyclic) bond motifs is 7. The normalized spacial score (nSPS) is 24.1. The number of hydrogen-bond acceptors (Lipinski definition) is 5. The first-order chi connectivity index (χ1) is 19.6. The SMILES string of the molecule is CCOc1ccc2c(c1)C1CC1(C(=O)N1CCOCC1)Cn1c-2c(C2CCCCC2)c2ccc(C(=O)OC)cc21. The molecule has 2 saturated carbocycles. The smallest absolute Gasteiger partial charge is 0.337 e. The maximum Gasteiger partial charge on any atom is 0.337 e. The maximum atomic E-state index is 14.3. The largest absolute Gasteiger partial charge is 0.494 e. The summed E-state index contributed by atoms with van der Waals surface area (Å²) in [4.78, 5) is 29.0. The van der Waals surface area contributed by atoms with Gasteiger partial charge in [-0.2, -0.15) is 0 Å². The van der Waals surface area contributed by atoms with Crippen LogP contribution in [0, 0.1) is 5.41 Å². The fourth-order valence-electron chi connectivity index (χ4n) is 7.74. The molecule has 0 bridgehead atoms. The van der Waals surface area contributed by atoms with Crippen LogP contribution in [-0.2, 0) is 20.8 Å². The van der Waals surface area contributed by atoms with E-state index in [0.29, 0.717) is 50.9 Å². The summed E-state index contributed by atoms with van der Waals surface area (Å²) in [6, 6.07) is 12.5. The predicted molar refractivity (Wildman–Crippen MR) is 153 cm³/mol. The van der Waals surface area contributed by atoms with Crippen LogP contribution in [0.3, 0.4) is 0 Å². The molecule has 1 aromatic heterocycles. The molecule has 1 saturated heterocycles. The van der Waals surface area contributed by atoms with Crippen molar-refractivity contribution in [2.24, 2.45) is 5.41 Å². The van der Waals surface area contributed by atoms with Gasteiger partial charge in [-0.3, -0.25) is 4.79 Å². The van der Waals surface area contributed by atoms with Gasteiger partial charge in [-0.15, -0.1) is 0 Å². The molecule has 3 aromatic rings. The Labute approximate surface area is 235 Å². The lowest BCUT2D eigenvalue weighted by Gasteiger charge is -2.31. The highest BCUT2D eigenvalue weighted by Crippen LogP contribution is 2.66. The monoisotopic (exact) mass is 542 g/mol. The number of ether oxygens (including phenoxy) is 3. The molecule has 0 N–H and O–H groups in total. The molecule has 40 heavy (non-hydrogen) atoms. The molecule has 3 fully saturated rings. The molecule has 2 aliphatic carbocycles. The number of aromatic nitrogens is 1. The molecule has 7 nitrogen and oxygen atoms in total. The van der Waals surface area contributed by atoms with Crippen LogP contribution < -0.4 is 4.74 Å². The lowest BCUT2D eigenvalue weighted by atomic mass is 9.81. The van der Waals surface area contributed by atoms with E-state index in [9.17, 15) is 9.59 Å². The zero-order valence-corrected chi connectivity index (χ0v) is 23.5. The van der Waals surface area contributed by atoms with Crippen LogP contribution >= 0.6 is 0 Å². The van der Waals surface area contributed by atoms with Gasteiger partial charge in [0.2, 0.25) is 5.91 Å². The summed E-state index contributed by atoms with van der Waals surface area (Å²) in [5.74, 6) is 1.34. The lowest BCUT2D eigenvalue weighted by Crippen LogP contribution is -2.45. The highest BCUT2D eigenvalue weighted by Gasteiger charge is 2.63. The van der Waals surface area contributed by atoms with Crippen LogP contribution in [0.5, 0.6) is 5.75 Å². The molecule has 0 radical (unpaired) electrons. The standard InChI is InChI=1S/C33H38N2O5/c1-3-40-23-10-12-24-26(18-23)27-19-33(27,32(37)34-13-15-39-16-14-34)20-35-28-17-22(31(36)38-2)9-11-25(28)29(30(24)35)21-7-5-4-6-8-21/h9-12,17-18,21,27H,3-8,13-16,19-20H2,1-2H3. The highest BCUT2D eigenvalue weighted by atomic mass is 16.5. The molecule has 7 heteroatoms. The van der Waals surface area contributed by atoms with Crippen LogP contribution in [0.4, 0.5) is 0 Å². The average molecular weight is 543 g/mol. The van der Waals surface area contributed by atoms with Crippen molar-refractivity contribution in [2.45, 2.75) is 63.8 Å². The molecule has 3 heterocycles. The van der Waals surface area contributed by atoms with Crippen molar-refractivity contribution in [3.05, 3.63) is 53.1 Å². The first-order valence-corrected chi connectivity index (χ1v) is 14.9. The molecule has 2 atom stereocenters. The van der Waals surface area contributed by atoms with E-state index < -0.39 is 5.41 Å². The summed E-state index contributed by atoms with van der Waals surface area (Å²) in [6.45, 7) is 5.66. The van der Waals surface area contributed by atoms with Crippen LogP contribution in [0.15, 0.2) is 36.4 Å².